The summed E-state index contributed by atoms with van der Waals surface area (Å²) in [4.78, 5) is 10.3. The van der Waals surface area contributed by atoms with Gasteiger partial charge in [-0.15, -0.1) is 0 Å². The van der Waals surface area contributed by atoms with Crippen molar-refractivity contribution in [2.75, 3.05) is 0 Å². The first-order valence-electron chi connectivity index (χ1n) is 9.52. The summed E-state index contributed by atoms with van der Waals surface area (Å²) in [5, 5.41) is 30.3. The van der Waals surface area contributed by atoms with Crippen molar-refractivity contribution in [1.82, 2.24) is 0 Å². The molecule has 0 amide bonds. The molecule has 0 aromatic heterocycles. The first-order valence-corrected chi connectivity index (χ1v) is 9.52. The van der Waals surface area contributed by atoms with Crippen LogP contribution in [0.15, 0.2) is 42.5 Å². The Balaban J connectivity index is 0.00000676. The number of unbranched alkanes of at least 4 members (excludes halogenated alkanes) is 3. The van der Waals surface area contributed by atoms with Crippen LogP contribution >= 0.6 is 0 Å². The molecule has 0 aliphatic carbocycles. The van der Waals surface area contributed by atoms with E-state index < -0.39 is 18.2 Å². The SMILES string of the molecule is CCCCCC=CCC(O)c1ccc(C=CC(O)CCCC(=O)[O-])cc1.[Li+]. The first kappa shape index (κ1) is 25.7. The Morgan fingerprint density at radius 3 is 2.44 bits per heavy atom. The van der Waals surface area contributed by atoms with Crippen molar-refractivity contribution < 1.29 is 39.0 Å². The fraction of sp³-hybridized carbons (Fsp3) is 0.500. The normalized spacial score (nSPS) is 13.6. The van der Waals surface area contributed by atoms with Gasteiger partial charge < -0.3 is 20.1 Å². The number of carboxylic acids is 1. The molecular formula is C22H31LiO4. The number of hydrogen-bond acceptors (Lipinski definition) is 4. The largest absolute Gasteiger partial charge is 1.00 e. The van der Waals surface area contributed by atoms with Gasteiger partial charge in [0.25, 0.3) is 0 Å². The third-order valence-electron chi connectivity index (χ3n) is 4.21. The van der Waals surface area contributed by atoms with Crippen molar-refractivity contribution in [3.63, 3.8) is 0 Å². The van der Waals surface area contributed by atoms with E-state index in [-0.39, 0.29) is 25.3 Å². The van der Waals surface area contributed by atoms with E-state index in [4.69, 9.17) is 0 Å². The van der Waals surface area contributed by atoms with Gasteiger partial charge in [-0.25, -0.2) is 0 Å². The van der Waals surface area contributed by atoms with Crippen molar-refractivity contribution >= 4 is 12.0 Å². The fourth-order valence-corrected chi connectivity index (χ4v) is 2.59. The van der Waals surface area contributed by atoms with E-state index in [1.165, 1.54) is 19.3 Å². The Bertz CT molecular complexity index is 566. The van der Waals surface area contributed by atoms with E-state index in [1.807, 2.05) is 30.3 Å². The van der Waals surface area contributed by atoms with Crippen molar-refractivity contribution in [3.05, 3.63) is 53.6 Å². The summed E-state index contributed by atoms with van der Waals surface area (Å²) < 4.78 is 0. The number of benzene rings is 1. The zero-order chi connectivity index (χ0) is 19.2. The van der Waals surface area contributed by atoms with Crippen LogP contribution in [0.3, 0.4) is 0 Å². The molecule has 1 rings (SSSR count). The number of rotatable bonds is 13. The third-order valence-corrected chi connectivity index (χ3v) is 4.21. The fourth-order valence-electron chi connectivity index (χ4n) is 2.59. The summed E-state index contributed by atoms with van der Waals surface area (Å²) in [6, 6.07) is 7.57. The summed E-state index contributed by atoms with van der Waals surface area (Å²) >= 11 is 0. The summed E-state index contributed by atoms with van der Waals surface area (Å²) in [6.45, 7) is 2.18. The van der Waals surface area contributed by atoms with Gasteiger partial charge in [0.05, 0.1) is 12.2 Å². The summed E-state index contributed by atoms with van der Waals surface area (Å²) in [7, 11) is 0. The van der Waals surface area contributed by atoms with Crippen LogP contribution in [-0.2, 0) is 4.79 Å². The topological polar surface area (TPSA) is 80.6 Å². The van der Waals surface area contributed by atoms with Gasteiger partial charge >= 0.3 is 18.9 Å². The molecule has 1 aromatic carbocycles. The van der Waals surface area contributed by atoms with Gasteiger partial charge in [-0.2, -0.15) is 0 Å². The third kappa shape index (κ3) is 12.7. The zero-order valence-corrected chi connectivity index (χ0v) is 16.6. The smallest absolute Gasteiger partial charge is 0.550 e. The Morgan fingerprint density at radius 2 is 1.81 bits per heavy atom. The number of aliphatic carboxylic acids is 1. The molecule has 5 heteroatoms. The average molecular weight is 366 g/mol. The molecule has 2 unspecified atom stereocenters. The molecule has 144 valence electrons. The number of aliphatic hydroxyl groups is 2. The Hall–Kier alpha value is -1.31. The molecular weight excluding hydrogens is 335 g/mol. The zero-order valence-electron chi connectivity index (χ0n) is 16.6. The minimum Gasteiger partial charge on any atom is -0.550 e. The van der Waals surface area contributed by atoms with Crippen LogP contribution < -0.4 is 24.0 Å². The Labute approximate surface area is 175 Å². The molecule has 0 radical (unpaired) electrons. The number of carbonyl (C=O) groups excluding carboxylic acids is 1. The van der Waals surface area contributed by atoms with Crippen molar-refractivity contribution in [2.45, 2.75) is 70.5 Å². The van der Waals surface area contributed by atoms with E-state index in [9.17, 15) is 20.1 Å². The maximum Gasteiger partial charge on any atom is 1.00 e. The molecule has 0 heterocycles. The van der Waals surface area contributed by atoms with E-state index in [0.717, 1.165) is 17.5 Å². The Kier molecular flexibility index (Phi) is 15.0. The predicted molar refractivity (Wildman–Crippen MR) is 103 cm³/mol. The van der Waals surface area contributed by atoms with Crippen LogP contribution in [0.1, 0.15) is 75.5 Å². The van der Waals surface area contributed by atoms with E-state index in [1.54, 1.807) is 12.2 Å². The van der Waals surface area contributed by atoms with Gasteiger partial charge in [-0.1, -0.05) is 68.3 Å². The standard InChI is InChI=1S/C22H32O4.Li/c1-2-3-4-5-6-7-10-21(24)19-15-12-18(13-16-19)14-17-20(23)9-8-11-22(25)26;/h6-7,12-17,20-21,23-24H,2-5,8-11H2,1H3,(H,25,26);/q;+1/p-1. The molecule has 2 atom stereocenters. The predicted octanol–water partition coefficient (Wildman–Crippen LogP) is 0.545. The van der Waals surface area contributed by atoms with Crippen LogP contribution in [0.5, 0.6) is 0 Å². The van der Waals surface area contributed by atoms with Crippen molar-refractivity contribution in [1.29, 1.82) is 0 Å². The second kappa shape index (κ2) is 15.7. The van der Waals surface area contributed by atoms with Gasteiger partial charge in [-0.05, 0) is 49.7 Å². The summed E-state index contributed by atoms with van der Waals surface area (Å²) in [5.74, 6) is -1.09. The number of carbonyl (C=O) groups is 1. The molecule has 0 aliphatic rings. The molecule has 0 saturated heterocycles. The molecule has 4 nitrogen and oxygen atoms in total. The van der Waals surface area contributed by atoms with Crippen LogP contribution in [0.2, 0.25) is 0 Å². The molecule has 2 N–H and O–H groups in total. The average Bonchev–Trinajstić information content (AvgIpc) is 2.63. The Morgan fingerprint density at radius 1 is 1.11 bits per heavy atom. The maximum absolute atomic E-state index is 10.3. The second-order valence-corrected chi connectivity index (χ2v) is 6.58. The minimum absolute atomic E-state index is 0. The van der Waals surface area contributed by atoms with Crippen molar-refractivity contribution in [2.24, 2.45) is 0 Å². The first-order chi connectivity index (χ1) is 12.5. The quantitative estimate of drug-likeness (QED) is 0.303. The summed E-state index contributed by atoms with van der Waals surface area (Å²) in [5.41, 5.74) is 1.80. The number of hydrogen-bond donors (Lipinski definition) is 2. The van der Waals surface area contributed by atoms with Gasteiger partial charge in [0, 0.05) is 5.97 Å². The van der Waals surface area contributed by atoms with Crippen LogP contribution in [0.25, 0.3) is 6.08 Å². The molecule has 0 aliphatic heterocycles. The molecule has 27 heavy (non-hydrogen) atoms. The van der Waals surface area contributed by atoms with Crippen LogP contribution in [0.4, 0.5) is 0 Å². The number of carboxylic acid groups (broad SMARTS) is 1. The second-order valence-electron chi connectivity index (χ2n) is 6.58. The van der Waals surface area contributed by atoms with E-state index in [0.29, 0.717) is 19.3 Å². The number of aliphatic hydroxyl groups excluding tert-OH is 2. The van der Waals surface area contributed by atoms with E-state index >= 15 is 0 Å². The van der Waals surface area contributed by atoms with Gasteiger partial charge in [0.1, 0.15) is 0 Å². The van der Waals surface area contributed by atoms with Crippen LogP contribution in [0, 0.1) is 0 Å². The summed E-state index contributed by atoms with van der Waals surface area (Å²) in [6.07, 6.45) is 12.5. The van der Waals surface area contributed by atoms with Crippen LogP contribution in [-0.4, -0.2) is 22.3 Å². The monoisotopic (exact) mass is 366 g/mol. The molecule has 0 fully saturated rings. The molecule has 0 spiro atoms. The van der Waals surface area contributed by atoms with Crippen molar-refractivity contribution in [3.8, 4) is 0 Å². The number of allylic oxidation sites excluding steroid dienone is 1. The van der Waals surface area contributed by atoms with Gasteiger partial charge in [0.2, 0.25) is 0 Å². The molecule has 0 bridgehead atoms. The minimum atomic E-state index is -1.09. The van der Waals surface area contributed by atoms with Gasteiger partial charge in [-0.3, -0.25) is 0 Å². The maximum atomic E-state index is 10.3. The molecule has 1 aromatic rings. The van der Waals surface area contributed by atoms with Gasteiger partial charge in [0.15, 0.2) is 0 Å². The van der Waals surface area contributed by atoms with E-state index in [2.05, 4.69) is 13.0 Å². The molecule has 0 saturated carbocycles.